The Morgan fingerprint density at radius 1 is 1.00 bits per heavy atom. The molecule has 3 nitrogen and oxygen atoms in total. The highest BCUT2D eigenvalue weighted by atomic mass is 16.2. The molecule has 1 N–H and O–H groups in total. The Bertz CT molecular complexity index is 552. The van der Waals surface area contributed by atoms with E-state index in [-0.39, 0.29) is 11.9 Å². The molecule has 3 heteroatoms. The third kappa shape index (κ3) is 3.60. The van der Waals surface area contributed by atoms with Gasteiger partial charge in [0, 0.05) is 11.7 Å². The number of anilines is 1. The highest BCUT2D eigenvalue weighted by molar-refractivity contribution is 5.96. The molecule has 2 aliphatic rings. The smallest absolute Gasteiger partial charge is 0.241 e. The minimum absolute atomic E-state index is 0.0678. The molecule has 1 saturated carbocycles. The number of hydrogen-bond acceptors (Lipinski definition) is 2. The van der Waals surface area contributed by atoms with Gasteiger partial charge in [0.05, 0.1) is 6.04 Å². The first kappa shape index (κ1) is 16.5. The number of nitrogens with one attached hydrogen (secondary N) is 1. The van der Waals surface area contributed by atoms with Crippen molar-refractivity contribution in [3.05, 3.63) is 28.8 Å². The first-order valence-corrected chi connectivity index (χ1v) is 9.20. The van der Waals surface area contributed by atoms with Gasteiger partial charge < -0.3 is 5.32 Å². The van der Waals surface area contributed by atoms with Crippen LogP contribution in [0.4, 0.5) is 5.69 Å². The maximum Gasteiger partial charge on any atom is 0.241 e. The zero-order chi connectivity index (χ0) is 16.4. The monoisotopic (exact) mass is 314 g/mol. The second kappa shape index (κ2) is 7.04. The van der Waals surface area contributed by atoms with Crippen LogP contribution in [0.15, 0.2) is 12.1 Å². The summed E-state index contributed by atoms with van der Waals surface area (Å²) in [7, 11) is 0. The standard InChI is InChI=1S/C20H30N2O/c1-14-12-15(2)19(16(3)13-14)21-20(23)18-10-7-11-22(18)17-8-5-4-6-9-17/h12-13,17-18H,4-11H2,1-3H3,(H,21,23). The maximum atomic E-state index is 12.9. The molecule has 1 heterocycles. The molecule has 23 heavy (non-hydrogen) atoms. The largest absolute Gasteiger partial charge is 0.324 e. The predicted octanol–water partition coefficient (Wildman–Crippen LogP) is 4.35. The number of carbonyl (C=O) groups is 1. The minimum atomic E-state index is 0.0678. The quantitative estimate of drug-likeness (QED) is 0.899. The normalized spacial score (nSPS) is 23.2. The van der Waals surface area contributed by atoms with Crippen LogP contribution in [-0.2, 0) is 4.79 Å². The Morgan fingerprint density at radius 2 is 1.65 bits per heavy atom. The molecule has 126 valence electrons. The third-order valence-electron chi connectivity index (χ3n) is 5.57. The molecule has 2 fully saturated rings. The van der Waals surface area contributed by atoms with Crippen LogP contribution in [0.5, 0.6) is 0 Å². The van der Waals surface area contributed by atoms with Crippen LogP contribution in [0.2, 0.25) is 0 Å². The van der Waals surface area contributed by atoms with E-state index in [4.69, 9.17) is 0 Å². The van der Waals surface area contributed by atoms with E-state index in [1.807, 2.05) is 0 Å². The molecule has 0 spiro atoms. The van der Waals surface area contributed by atoms with Gasteiger partial charge in [-0.1, -0.05) is 37.0 Å². The van der Waals surface area contributed by atoms with Crippen LogP contribution in [0, 0.1) is 20.8 Å². The maximum absolute atomic E-state index is 12.9. The summed E-state index contributed by atoms with van der Waals surface area (Å²) >= 11 is 0. The number of benzene rings is 1. The minimum Gasteiger partial charge on any atom is -0.324 e. The number of hydrogen-bond donors (Lipinski definition) is 1. The summed E-state index contributed by atoms with van der Waals surface area (Å²) < 4.78 is 0. The van der Waals surface area contributed by atoms with E-state index < -0.39 is 0 Å². The van der Waals surface area contributed by atoms with E-state index in [0.29, 0.717) is 6.04 Å². The van der Waals surface area contributed by atoms with E-state index in [9.17, 15) is 4.79 Å². The van der Waals surface area contributed by atoms with Gasteiger partial charge in [0.15, 0.2) is 0 Å². The number of rotatable bonds is 3. The molecule has 1 aromatic carbocycles. The summed E-state index contributed by atoms with van der Waals surface area (Å²) in [5, 5.41) is 3.24. The van der Waals surface area contributed by atoms with Crippen molar-refractivity contribution in [2.45, 2.75) is 77.8 Å². The molecule has 1 atom stereocenters. The zero-order valence-electron chi connectivity index (χ0n) is 14.8. The highest BCUT2D eigenvalue weighted by Crippen LogP contribution is 2.30. The van der Waals surface area contributed by atoms with Crippen LogP contribution in [0.3, 0.4) is 0 Å². The topological polar surface area (TPSA) is 32.3 Å². The van der Waals surface area contributed by atoms with Crippen molar-refractivity contribution in [3.63, 3.8) is 0 Å². The molecule has 1 aliphatic carbocycles. The number of carbonyl (C=O) groups excluding carboxylic acids is 1. The third-order valence-corrected chi connectivity index (χ3v) is 5.57. The fourth-order valence-corrected chi connectivity index (χ4v) is 4.50. The summed E-state index contributed by atoms with van der Waals surface area (Å²) in [5.41, 5.74) is 4.59. The summed E-state index contributed by atoms with van der Waals surface area (Å²) in [6, 6.07) is 4.99. The molecular weight excluding hydrogens is 284 g/mol. The Labute approximate surface area is 140 Å². The van der Waals surface area contributed by atoms with E-state index in [2.05, 4.69) is 43.1 Å². The van der Waals surface area contributed by atoms with Gasteiger partial charge in [0.25, 0.3) is 0 Å². The van der Waals surface area contributed by atoms with Crippen LogP contribution in [0.1, 0.15) is 61.6 Å². The molecule has 1 aromatic rings. The number of likely N-dealkylation sites (tertiary alicyclic amines) is 1. The van der Waals surface area contributed by atoms with Crippen molar-refractivity contribution in [2.24, 2.45) is 0 Å². The van der Waals surface area contributed by atoms with E-state index in [1.165, 1.54) is 37.7 Å². The lowest BCUT2D eigenvalue weighted by Crippen LogP contribution is -2.46. The fraction of sp³-hybridized carbons (Fsp3) is 0.650. The van der Waals surface area contributed by atoms with Gasteiger partial charge in [-0.25, -0.2) is 0 Å². The van der Waals surface area contributed by atoms with Crippen molar-refractivity contribution in [3.8, 4) is 0 Å². The Hall–Kier alpha value is -1.35. The van der Waals surface area contributed by atoms with E-state index in [1.54, 1.807) is 0 Å². The molecular formula is C20H30N2O. The summed E-state index contributed by atoms with van der Waals surface area (Å²) in [6.45, 7) is 7.37. The van der Waals surface area contributed by atoms with Gasteiger partial charge in [-0.15, -0.1) is 0 Å². The lowest BCUT2D eigenvalue weighted by Gasteiger charge is -2.35. The first-order chi connectivity index (χ1) is 11.1. The average Bonchev–Trinajstić information content (AvgIpc) is 3.01. The van der Waals surface area contributed by atoms with Crippen LogP contribution < -0.4 is 5.32 Å². The van der Waals surface area contributed by atoms with Crippen LogP contribution in [0.25, 0.3) is 0 Å². The second-order valence-electron chi connectivity index (χ2n) is 7.45. The Balaban J connectivity index is 1.72. The average molecular weight is 314 g/mol. The fourth-order valence-electron chi connectivity index (χ4n) is 4.50. The lowest BCUT2D eigenvalue weighted by molar-refractivity contribution is -0.121. The summed E-state index contributed by atoms with van der Waals surface area (Å²) in [6.07, 6.45) is 8.71. The predicted molar refractivity (Wildman–Crippen MR) is 95.9 cm³/mol. The molecule has 0 aromatic heterocycles. The van der Waals surface area contributed by atoms with E-state index >= 15 is 0 Å². The second-order valence-corrected chi connectivity index (χ2v) is 7.45. The Kier molecular flexibility index (Phi) is 5.05. The SMILES string of the molecule is Cc1cc(C)c(NC(=O)C2CCCN2C2CCCCC2)c(C)c1. The molecule has 1 unspecified atom stereocenters. The van der Waals surface area contributed by atoms with Crippen molar-refractivity contribution in [2.75, 3.05) is 11.9 Å². The highest BCUT2D eigenvalue weighted by Gasteiger charge is 2.35. The summed E-state index contributed by atoms with van der Waals surface area (Å²) in [4.78, 5) is 15.4. The summed E-state index contributed by atoms with van der Waals surface area (Å²) in [5.74, 6) is 0.197. The number of amides is 1. The van der Waals surface area contributed by atoms with Gasteiger partial charge in [-0.3, -0.25) is 9.69 Å². The lowest BCUT2D eigenvalue weighted by atomic mass is 9.93. The van der Waals surface area contributed by atoms with Gasteiger partial charge >= 0.3 is 0 Å². The number of aryl methyl sites for hydroxylation is 3. The molecule has 3 rings (SSSR count). The van der Waals surface area contributed by atoms with Gasteiger partial charge in [-0.2, -0.15) is 0 Å². The number of nitrogens with zero attached hydrogens (tertiary/aromatic N) is 1. The molecule has 1 aliphatic heterocycles. The van der Waals surface area contributed by atoms with Gasteiger partial charge in [0.1, 0.15) is 0 Å². The van der Waals surface area contributed by atoms with Gasteiger partial charge in [0.2, 0.25) is 5.91 Å². The van der Waals surface area contributed by atoms with Gasteiger partial charge in [-0.05, 0) is 64.1 Å². The first-order valence-electron chi connectivity index (χ1n) is 9.20. The Morgan fingerprint density at radius 3 is 2.30 bits per heavy atom. The zero-order valence-corrected chi connectivity index (χ0v) is 14.8. The molecule has 1 amide bonds. The van der Waals surface area contributed by atoms with Crippen molar-refractivity contribution in [1.82, 2.24) is 4.90 Å². The van der Waals surface area contributed by atoms with Crippen molar-refractivity contribution >= 4 is 11.6 Å². The molecule has 0 bridgehead atoms. The van der Waals surface area contributed by atoms with Crippen LogP contribution in [-0.4, -0.2) is 29.4 Å². The van der Waals surface area contributed by atoms with E-state index in [0.717, 1.165) is 36.2 Å². The van der Waals surface area contributed by atoms with Crippen LogP contribution >= 0.6 is 0 Å². The van der Waals surface area contributed by atoms with Crippen molar-refractivity contribution in [1.29, 1.82) is 0 Å². The van der Waals surface area contributed by atoms with Crippen molar-refractivity contribution < 1.29 is 4.79 Å². The molecule has 0 radical (unpaired) electrons. The molecule has 1 saturated heterocycles.